The maximum Gasteiger partial charge on any atom is 0.326 e. The highest BCUT2D eigenvalue weighted by atomic mass is 16.4. The topological polar surface area (TPSA) is 255 Å². The normalized spacial score (nSPS) is 13.3. The second kappa shape index (κ2) is 17.8. The van der Waals surface area contributed by atoms with Gasteiger partial charge in [-0.15, -0.1) is 0 Å². The van der Waals surface area contributed by atoms with Gasteiger partial charge in [-0.3, -0.25) is 19.4 Å². The average Bonchev–Trinajstić information content (AvgIpc) is 3.03. The Morgan fingerprint density at radius 2 is 1.11 bits per heavy atom. The van der Waals surface area contributed by atoms with Crippen molar-refractivity contribution in [1.29, 1.82) is 0 Å². The van der Waals surface area contributed by atoms with Gasteiger partial charge in [0.05, 0.1) is 6.04 Å². The van der Waals surface area contributed by atoms with Crippen LogP contribution in [0.4, 0.5) is 0 Å². The molecule has 0 saturated carbocycles. The number of phenolic OH excluding ortho intramolecular Hbond substituents is 2. The number of aliphatic imine (C=N–C) groups is 1. The van der Waals surface area contributed by atoms with E-state index in [1.807, 2.05) is 30.3 Å². The molecule has 14 nitrogen and oxygen atoms in total. The Bertz CT molecular complexity index is 1510. The summed E-state index contributed by atoms with van der Waals surface area (Å²) in [6, 6.07) is 16.2. The third-order valence-electron chi connectivity index (χ3n) is 7.21. The molecule has 0 bridgehead atoms. The lowest BCUT2D eigenvalue weighted by molar-refractivity contribution is -0.142. The highest BCUT2D eigenvalue weighted by Gasteiger charge is 2.30. The standard InChI is InChI=1S/C33H41N7O7/c34-25(17-20-5-2-1-3-6-20)29(43)38-26(7-4-16-37-33(35)36)30(44)39-27(18-21-8-12-23(41)13-9-21)31(45)40-28(32(46)47)19-22-10-14-24(42)15-11-22/h1-3,5-6,8-15,25-28,41-42H,4,7,16-19,34H2,(H,38,43)(H,39,44)(H,40,45)(H,46,47)(H4,35,36,37). The molecule has 0 spiro atoms. The van der Waals surface area contributed by atoms with Gasteiger partial charge in [-0.25, -0.2) is 4.79 Å². The first kappa shape index (κ1) is 35.8. The van der Waals surface area contributed by atoms with Crippen molar-refractivity contribution >= 4 is 29.7 Å². The molecule has 0 radical (unpaired) electrons. The lowest BCUT2D eigenvalue weighted by Gasteiger charge is -2.25. The summed E-state index contributed by atoms with van der Waals surface area (Å²) in [6.07, 6.45) is 0.458. The number of aromatic hydroxyl groups is 2. The van der Waals surface area contributed by atoms with E-state index in [1.165, 1.54) is 36.4 Å². The molecular formula is C33H41N7O7. The van der Waals surface area contributed by atoms with Crippen molar-refractivity contribution in [3.63, 3.8) is 0 Å². The number of carboxylic acid groups (broad SMARTS) is 1. The van der Waals surface area contributed by atoms with Crippen LogP contribution in [0.15, 0.2) is 83.9 Å². The van der Waals surface area contributed by atoms with Gasteiger partial charge in [0.25, 0.3) is 0 Å². The molecule has 250 valence electrons. The van der Waals surface area contributed by atoms with Crippen LogP contribution in [-0.2, 0) is 38.4 Å². The third kappa shape index (κ3) is 12.4. The number of rotatable bonds is 17. The van der Waals surface area contributed by atoms with E-state index < -0.39 is 47.9 Å². The Morgan fingerprint density at radius 3 is 1.64 bits per heavy atom. The second-order valence-electron chi connectivity index (χ2n) is 11.0. The Hall–Kier alpha value is -5.63. The Kier molecular flexibility index (Phi) is 13.5. The summed E-state index contributed by atoms with van der Waals surface area (Å²) in [7, 11) is 0. The minimum Gasteiger partial charge on any atom is -0.508 e. The molecule has 0 aliphatic carbocycles. The lowest BCUT2D eigenvalue weighted by atomic mass is 10.0. The van der Waals surface area contributed by atoms with Gasteiger partial charge in [0.1, 0.15) is 29.6 Å². The summed E-state index contributed by atoms with van der Waals surface area (Å²) < 4.78 is 0. The molecule has 12 N–H and O–H groups in total. The number of guanidine groups is 1. The molecule has 3 rings (SSSR count). The SMILES string of the molecule is NC(N)=NCCCC(NC(=O)C(N)Cc1ccccc1)C(=O)NC(Cc1ccc(O)cc1)C(=O)NC(Cc1ccc(O)cc1)C(=O)O. The fourth-order valence-corrected chi connectivity index (χ4v) is 4.70. The first-order chi connectivity index (χ1) is 22.4. The summed E-state index contributed by atoms with van der Waals surface area (Å²) in [5, 5.41) is 36.9. The average molecular weight is 648 g/mol. The quantitative estimate of drug-likeness (QED) is 0.0540. The van der Waals surface area contributed by atoms with Crippen molar-refractivity contribution in [3.8, 4) is 11.5 Å². The van der Waals surface area contributed by atoms with Crippen LogP contribution in [0.2, 0.25) is 0 Å². The molecule has 47 heavy (non-hydrogen) atoms. The van der Waals surface area contributed by atoms with Gasteiger partial charge in [0.15, 0.2) is 5.96 Å². The monoisotopic (exact) mass is 647 g/mol. The van der Waals surface area contributed by atoms with Crippen LogP contribution < -0.4 is 33.2 Å². The zero-order chi connectivity index (χ0) is 34.3. The zero-order valence-electron chi connectivity index (χ0n) is 25.7. The molecule has 0 heterocycles. The Balaban J connectivity index is 1.81. The molecule has 0 aliphatic rings. The van der Waals surface area contributed by atoms with E-state index in [9.17, 15) is 34.5 Å². The van der Waals surface area contributed by atoms with Crippen LogP contribution >= 0.6 is 0 Å². The number of benzene rings is 3. The largest absolute Gasteiger partial charge is 0.508 e. The molecule has 0 aromatic heterocycles. The van der Waals surface area contributed by atoms with Crippen LogP contribution in [0.25, 0.3) is 0 Å². The highest BCUT2D eigenvalue weighted by molar-refractivity contribution is 5.94. The van der Waals surface area contributed by atoms with Crippen LogP contribution in [0.3, 0.4) is 0 Å². The number of carbonyl (C=O) groups is 4. The minimum absolute atomic E-state index is 0.00213. The van der Waals surface area contributed by atoms with E-state index >= 15 is 0 Å². The van der Waals surface area contributed by atoms with Crippen molar-refractivity contribution in [2.75, 3.05) is 6.54 Å². The van der Waals surface area contributed by atoms with E-state index in [1.54, 1.807) is 12.1 Å². The van der Waals surface area contributed by atoms with E-state index in [0.29, 0.717) is 17.5 Å². The van der Waals surface area contributed by atoms with E-state index in [2.05, 4.69) is 20.9 Å². The fourth-order valence-electron chi connectivity index (χ4n) is 4.70. The number of carboxylic acids is 1. The van der Waals surface area contributed by atoms with Crippen LogP contribution in [0, 0.1) is 0 Å². The predicted octanol–water partition coefficient (Wildman–Crippen LogP) is 0.0456. The molecule has 3 amide bonds. The molecule has 14 heteroatoms. The number of nitrogens with one attached hydrogen (secondary N) is 3. The van der Waals surface area contributed by atoms with Gasteiger partial charge in [-0.2, -0.15) is 0 Å². The van der Waals surface area contributed by atoms with Crippen molar-refractivity contribution in [2.24, 2.45) is 22.2 Å². The summed E-state index contributed by atoms with van der Waals surface area (Å²) in [5.41, 5.74) is 18.9. The molecule has 0 fully saturated rings. The number of phenols is 2. The number of nitrogens with two attached hydrogens (primary N) is 3. The van der Waals surface area contributed by atoms with Gasteiger partial charge >= 0.3 is 5.97 Å². The summed E-state index contributed by atoms with van der Waals surface area (Å²) in [5.74, 6) is -3.53. The Labute approximate surface area is 272 Å². The lowest BCUT2D eigenvalue weighted by Crippen LogP contribution is -2.58. The van der Waals surface area contributed by atoms with Crippen LogP contribution in [0.1, 0.15) is 29.5 Å². The van der Waals surface area contributed by atoms with Crippen molar-refractivity contribution in [2.45, 2.75) is 56.3 Å². The molecule has 0 aliphatic heterocycles. The summed E-state index contributed by atoms with van der Waals surface area (Å²) in [4.78, 5) is 56.4. The molecule has 4 unspecified atom stereocenters. The third-order valence-corrected chi connectivity index (χ3v) is 7.21. The van der Waals surface area contributed by atoms with E-state index in [4.69, 9.17) is 17.2 Å². The van der Waals surface area contributed by atoms with Crippen LogP contribution in [-0.4, -0.2) is 75.7 Å². The Morgan fingerprint density at radius 1 is 0.638 bits per heavy atom. The van der Waals surface area contributed by atoms with Gasteiger partial charge in [-0.1, -0.05) is 54.6 Å². The van der Waals surface area contributed by atoms with Gasteiger partial charge in [0.2, 0.25) is 17.7 Å². The molecule has 0 saturated heterocycles. The highest BCUT2D eigenvalue weighted by Crippen LogP contribution is 2.14. The molecular weight excluding hydrogens is 606 g/mol. The second-order valence-corrected chi connectivity index (χ2v) is 11.0. The van der Waals surface area contributed by atoms with E-state index in [0.717, 1.165) is 5.56 Å². The molecule has 4 atom stereocenters. The van der Waals surface area contributed by atoms with Crippen molar-refractivity contribution < 1.29 is 34.5 Å². The minimum atomic E-state index is -1.36. The first-order valence-corrected chi connectivity index (χ1v) is 15.0. The summed E-state index contributed by atoms with van der Waals surface area (Å²) >= 11 is 0. The predicted molar refractivity (Wildman–Crippen MR) is 175 cm³/mol. The van der Waals surface area contributed by atoms with Gasteiger partial charge < -0.3 is 48.5 Å². The van der Waals surface area contributed by atoms with Crippen LogP contribution in [0.5, 0.6) is 11.5 Å². The number of hydrogen-bond acceptors (Lipinski definition) is 8. The first-order valence-electron chi connectivity index (χ1n) is 15.0. The maximum absolute atomic E-state index is 13.7. The number of hydrogen-bond donors (Lipinski definition) is 9. The van der Waals surface area contributed by atoms with Crippen molar-refractivity contribution in [1.82, 2.24) is 16.0 Å². The zero-order valence-corrected chi connectivity index (χ0v) is 25.7. The number of aliphatic carboxylic acids is 1. The van der Waals surface area contributed by atoms with Gasteiger partial charge in [-0.05, 0) is 60.2 Å². The number of amides is 3. The smallest absolute Gasteiger partial charge is 0.326 e. The molecule has 3 aromatic carbocycles. The van der Waals surface area contributed by atoms with E-state index in [-0.39, 0.29) is 49.7 Å². The van der Waals surface area contributed by atoms with Crippen molar-refractivity contribution in [3.05, 3.63) is 95.6 Å². The number of carbonyl (C=O) groups excluding carboxylic acids is 3. The maximum atomic E-state index is 13.7. The summed E-state index contributed by atoms with van der Waals surface area (Å²) in [6.45, 7) is 0.174. The number of nitrogens with zero attached hydrogens (tertiary/aromatic N) is 1. The fraction of sp³-hybridized carbons (Fsp3) is 0.303. The molecule has 3 aromatic rings. The van der Waals surface area contributed by atoms with Gasteiger partial charge in [0, 0.05) is 19.4 Å².